The molecule has 1 aliphatic heterocycles. The van der Waals surface area contributed by atoms with Gasteiger partial charge in [-0.1, -0.05) is 0 Å². The Morgan fingerprint density at radius 1 is 1.33 bits per heavy atom. The first-order valence-corrected chi connectivity index (χ1v) is 9.07. The average molecular weight is 209 g/mol. The second-order valence-electron chi connectivity index (χ2n) is 1.06. The Hall–Kier alpha value is 0.427. The van der Waals surface area contributed by atoms with Crippen LogP contribution in [0.2, 0.25) is 0 Å². The number of rotatable bonds is 0. The normalized spacial score (nSPS) is 24.0. The predicted octanol–water partition coefficient (Wildman–Crippen LogP) is -2.80. The van der Waals surface area contributed by atoms with E-state index in [1.54, 1.807) is 0 Å². The molecule has 0 atom stereocenters. The van der Waals surface area contributed by atoms with Crippen molar-refractivity contribution in [3.05, 3.63) is 21.9 Å². The Morgan fingerprint density at radius 3 is 2.50 bits per heavy atom. The minimum absolute atomic E-state index is 0.351. The van der Waals surface area contributed by atoms with Gasteiger partial charge in [-0.2, -0.15) is 0 Å². The van der Waals surface area contributed by atoms with E-state index in [9.17, 15) is 0 Å². The van der Waals surface area contributed by atoms with Crippen molar-refractivity contribution in [2.75, 3.05) is 0 Å². The van der Waals surface area contributed by atoms with Crippen LogP contribution in [0, 0.1) is 0 Å². The summed E-state index contributed by atoms with van der Waals surface area (Å²) in [7, 11) is 0.351. The Morgan fingerprint density at radius 2 is 2.33 bits per heavy atom. The maximum atomic E-state index is 2.37. The Kier molecular flexibility index (Phi) is 1.97. The van der Waals surface area contributed by atoms with Crippen LogP contribution < -0.4 is 20.4 Å². The van der Waals surface area contributed by atoms with Gasteiger partial charge < -0.3 is 0 Å². The molecule has 1 rings (SSSR count). The van der Waals surface area contributed by atoms with E-state index in [4.69, 9.17) is 0 Å². The first kappa shape index (κ1) is 4.58. The topological polar surface area (TPSA) is 0 Å². The van der Waals surface area contributed by atoms with Crippen molar-refractivity contribution in [1.82, 2.24) is 0 Å². The molecule has 34 valence electrons. The molecule has 0 amide bonds. The molecule has 0 unspecified atom stereocenters. The third kappa shape index (κ3) is 1.26. The Labute approximate surface area is 49.5 Å². The summed E-state index contributed by atoms with van der Waals surface area (Å²) in [4.78, 5) is 0. The third-order valence-electron chi connectivity index (χ3n) is 0.587. The van der Waals surface area contributed by atoms with Gasteiger partial charge in [0.25, 0.3) is 0 Å². The summed E-state index contributed by atoms with van der Waals surface area (Å²) in [5, 5.41) is 0. The second-order valence-corrected chi connectivity index (χ2v) is 8.15. The molecule has 0 aliphatic carbocycles. The summed E-state index contributed by atoms with van der Waals surface area (Å²) in [5.41, 5.74) is 2.37. The number of allylic oxidation sites excluding steroid dienone is 2. The molecule has 0 radical (unpaired) electrons. The van der Waals surface area contributed by atoms with Crippen molar-refractivity contribution in [2.45, 2.75) is 0 Å². The number of hydrogen-bond donors (Lipinski definition) is 0. The van der Waals surface area contributed by atoms with Crippen LogP contribution in [0.3, 0.4) is 0 Å². The van der Waals surface area contributed by atoms with Gasteiger partial charge in [0.05, 0.1) is 0 Å². The second kappa shape index (κ2) is 2.57. The SMILES string of the molecule is C1=C[SiH2][I-]C=C1. The van der Waals surface area contributed by atoms with Gasteiger partial charge in [0.15, 0.2) is 0 Å². The van der Waals surface area contributed by atoms with Crippen molar-refractivity contribution >= 4 is 7.02 Å². The molecule has 0 aromatic rings. The molecule has 0 fully saturated rings. The van der Waals surface area contributed by atoms with E-state index in [0.29, 0.717) is 27.4 Å². The first-order chi connectivity index (χ1) is 3.00. The summed E-state index contributed by atoms with van der Waals surface area (Å²) in [6.07, 6.45) is 4.35. The predicted molar refractivity (Wildman–Crippen MR) is 26.8 cm³/mol. The van der Waals surface area contributed by atoms with Gasteiger partial charge >= 0.3 is 49.4 Å². The van der Waals surface area contributed by atoms with Crippen LogP contribution in [0.5, 0.6) is 0 Å². The monoisotopic (exact) mass is 209 g/mol. The van der Waals surface area contributed by atoms with Crippen LogP contribution in [-0.2, 0) is 0 Å². The van der Waals surface area contributed by atoms with Crippen molar-refractivity contribution in [3.63, 3.8) is 0 Å². The van der Waals surface area contributed by atoms with Gasteiger partial charge in [0.1, 0.15) is 0 Å². The van der Waals surface area contributed by atoms with Gasteiger partial charge in [-0.3, -0.25) is 0 Å². The van der Waals surface area contributed by atoms with E-state index in [1.165, 1.54) is 0 Å². The quantitative estimate of drug-likeness (QED) is 0.230. The summed E-state index contributed by atoms with van der Waals surface area (Å²) in [6.45, 7) is 0. The third-order valence-corrected chi connectivity index (χ3v) is 6.39. The fraction of sp³-hybridized carbons (Fsp3) is 0. The average Bonchev–Trinajstić information content (AvgIpc) is 1.72. The zero-order valence-corrected chi connectivity index (χ0v) is 6.97. The van der Waals surface area contributed by atoms with E-state index >= 15 is 0 Å². The molecule has 0 bridgehead atoms. The molecular formula is C4H6ISi-. The van der Waals surface area contributed by atoms with E-state index in [1.807, 2.05) is 0 Å². The van der Waals surface area contributed by atoms with Gasteiger partial charge in [0.2, 0.25) is 0 Å². The van der Waals surface area contributed by atoms with E-state index in [0.717, 1.165) is 0 Å². The fourth-order valence-corrected chi connectivity index (χ4v) is 4.66. The molecule has 0 aromatic heterocycles. The van der Waals surface area contributed by atoms with Crippen molar-refractivity contribution in [2.24, 2.45) is 0 Å². The van der Waals surface area contributed by atoms with Crippen LogP contribution in [0.4, 0.5) is 0 Å². The number of halogens is 1. The van der Waals surface area contributed by atoms with E-state index in [2.05, 4.69) is 21.9 Å². The first-order valence-electron chi connectivity index (χ1n) is 1.89. The summed E-state index contributed by atoms with van der Waals surface area (Å²) in [6, 6.07) is 0. The standard InChI is InChI=1S/C4H6ISi/c1-2-4-6-5-3-1/h1-4H,6H2/q-1. The minimum atomic E-state index is 0.351. The van der Waals surface area contributed by atoms with Crippen molar-refractivity contribution in [3.8, 4) is 0 Å². The van der Waals surface area contributed by atoms with E-state index in [-0.39, 0.29) is 0 Å². The van der Waals surface area contributed by atoms with Crippen LogP contribution >= 0.6 is 0 Å². The van der Waals surface area contributed by atoms with Gasteiger partial charge in [-0.05, 0) is 0 Å². The number of hydrogen-bond acceptors (Lipinski definition) is 0. The summed E-state index contributed by atoms with van der Waals surface area (Å²) < 4.78 is 2.35. The van der Waals surface area contributed by atoms with Gasteiger partial charge in [0, 0.05) is 0 Å². The summed E-state index contributed by atoms with van der Waals surface area (Å²) in [5.74, 6) is 0. The molecule has 0 saturated heterocycles. The van der Waals surface area contributed by atoms with Crippen LogP contribution in [0.15, 0.2) is 21.9 Å². The molecule has 0 aromatic carbocycles. The van der Waals surface area contributed by atoms with Crippen LogP contribution in [0.1, 0.15) is 0 Å². The molecule has 2 heteroatoms. The van der Waals surface area contributed by atoms with Crippen LogP contribution in [-0.4, -0.2) is 7.02 Å². The van der Waals surface area contributed by atoms with Crippen molar-refractivity contribution in [1.29, 1.82) is 0 Å². The zero-order valence-electron chi connectivity index (χ0n) is 3.39. The Balaban J connectivity index is 2.46. The van der Waals surface area contributed by atoms with Crippen LogP contribution in [0.25, 0.3) is 0 Å². The summed E-state index contributed by atoms with van der Waals surface area (Å²) >= 11 is 0.586. The molecule has 1 heterocycles. The molecule has 1 aliphatic rings. The zero-order chi connectivity index (χ0) is 4.24. The molecule has 0 N–H and O–H groups in total. The molecule has 6 heavy (non-hydrogen) atoms. The fourth-order valence-electron chi connectivity index (χ4n) is 0.326. The Bertz CT molecular complexity index is 73.5. The molecular weight excluding hydrogens is 203 g/mol. The van der Waals surface area contributed by atoms with Crippen molar-refractivity contribution < 1.29 is 20.4 Å². The maximum absolute atomic E-state index is 2.37. The van der Waals surface area contributed by atoms with E-state index < -0.39 is 0 Å². The molecule has 0 spiro atoms. The van der Waals surface area contributed by atoms with Gasteiger partial charge in [-0.15, -0.1) is 0 Å². The molecule has 0 saturated carbocycles. The van der Waals surface area contributed by atoms with Gasteiger partial charge in [-0.25, -0.2) is 0 Å². The molecule has 0 nitrogen and oxygen atoms in total.